The average Bonchev–Trinajstić information content (AvgIpc) is 1.62. The minimum Gasteiger partial charge on any atom is -0.259 e. The van der Waals surface area contributed by atoms with Gasteiger partial charge >= 0.3 is 0 Å². The highest BCUT2D eigenvalue weighted by Gasteiger charge is 2.36. The predicted molar refractivity (Wildman–Crippen MR) is 556 cm³/mol. The minimum absolute atomic E-state index is 0.0409. The Morgan fingerprint density at radius 2 is 0.667 bits per heavy atom. The third-order valence-corrected chi connectivity index (χ3v) is 39.6. The molecule has 11 aliphatic heterocycles. The van der Waals surface area contributed by atoms with Gasteiger partial charge in [0.15, 0.2) is 54.4 Å². The summed E-state index contributed by atoms with van der Waals surface area (Å²) in [7, 11) is -15.3. The molecule has 0 radical (unpaired) electrons. The third-order valence-electron chi connectivity index (χ3n) is 24.5. The number of fused-ring (bicyclic) bond motifs is 11. The Labute approximate surface area is 867 Å². The Kier molecular flexibility index (Phi) is 40.6. The maximum Gasteiger partial charge on any atom is 0.200 e. The molecule has 0 amide bonds. The molecule has 22 heterocycles. The van der Waals surface area contributed by atoms with Gasteiger partial charge in [0.1, 0.15) is 21.4 Å². The van der Waals surface area contributed by atoms with Gasteiger partial charge in [-0.1, -0.05) is 57.3 Å². The van der Waals surface area contributed by atoms with Crippen LogP contribution in [0.4, 0.5) is 0 Å². The summed E-state index contributed by atoms with van der Waals surface area (Å²) in [4.78, 5) is 0. The van der Waals surface area contributed by atoms with E-state index < -0.39 is 82.5 Å². The predicted octanol–water partition coefficient (Wildman–Crippen LogP) is 10.2. The molecule has 0 saturated carbocycles. The highest BCUT2D eigenvalue weighted by molar-refractivity contribution is 7.99. The molecule has 0 aromatic carbocycles. The highest BCUT2D eigenvalue weighted by Crippen LogP contribution is 2.34. The van der Waals surface area contributed by atoms with Crippen LogP contribution in [0.25, 0.3) is 0 Å². The lowest BCUT2D eigenvalue weighted by Crippen LogP contribution is -2.21. The first-order valence-electron chi connectivity index (χ1n) is 49.5. The molecule has 0 fully saturated rings. The van der Waals surface area contributed by atoms with E-state index in [1.807, 2.05) is 133 Å². The number of sulfone groups is 4. The Morgan fingerprint density at radius 3 is 1.29 bits per heavy atom. The van der Waals surface area contributed by atoms with Gasteiger partial charge in [-0.15, -0.1) is 67.8 Å². The number of aromatic nitrogens is 33. The first-order valence-corrected chi connectivity index (χ1v) is 65.4. The van der Waals surface area contributed by atoms with Crippen molar-refractivity contribution < 1.29 is 50.5 Å². The molecule has 0 N–H and O–H groups in total. The number of hydrogen-bond acceptors (Lipinski definition) is 37. The molecular formula is C88H143N33O12S11. The van der Waals surface area contributed by atoms with Crippen molar-refractivity contribution in [3.8, 4) is 0 Å². The molecule has 0 aliphatic carbocycles. The zero-order valence-electron chi connectivity index (χ0n) is 86.8. The van der Waals surface area contributed by atoms with Crippen LogP contribution in [0.3, 0.4) is 0 Å². The number of aryl methyl sites for hydroxylation is 5. The lowest BCUT2D eigenvalue weighted by Gasteiger charge is -2.14. The summed E-state index contributed by atoms with van der Waals surface area (Å²) < 4.78 is 158. The molecule has 56 heteroatoms. The molecular weight excluding hydrogens is 2060 g/mol. The van der Waals surface area contributed by atoms with Crippen LogP contribution in [0.2, 0.25) is 0 Å². The Balaban J connectivity index is 0.000000141. The van der Waals surface area contributed by atoms with Crippen molar-refractivity contribution in [1.82, 2.24) is 165 Å². The van der Waals surface area contributed by atoms with E-state index in [0.29, 0.717) is 94.9 Å². The van der Waals surface area contributed by atoms with Crippen molar-refractivity contribution in [1.29, 1.82) is 0 Å². The van der Waals surface area contributed by atoms with Gasteiger partial charge in [0.2, 0.25) is 0 Å². The molecule has 45 nitrogen and oxygen atoms in total. The summed E-state index contributed by atoms with van der Waals surface area (Å²) in [6.45, 7) is 45.1. The average molecular weight is 2210 g/mol. The standard InChI is InChI=1S/4C8H13N3O2S.4C8H13N3OS.3C8H13N3S/c1-6(2)11-8-3-4-14(12,13)5-7(8)9-10-11;1-6(2)11-8-5-14(12,13)4-3-7(8)9-10-11;1-6(2)11-7-4-3-5-14(12,13)8(7)9-10-11;1-6(2)11-8-7(9-10-11)4-3-5-14(8,12)13;1-6(2)11-8-3-4-13(12)5-7(8)9-10-11;1-6(2)11-8-5-13(12)4-3-7(8)9-10-11;1-6(2)11-7-4-3-5-13(12)8(7)9-10-11;1-6(2)11-8-7(9-10-11)4-3-5-13(8)12;1-6(2)11-8-3-4-12-5-7(8)9-10-11;1-6(2)11-8-5-12-4-3-7(8)9-10-11;1-6(2)11-7-4-3-5-12-8(7)9-10-11/h4*6H,3-5H2,1-2H3;4*6H,3-5H2,1-2H3;3*6H,3-5H2,1-2H3. The second-order valence-electron chi connectivity index (χ2n) is 39.5. The van der Waals surface area contributed by atoms with Crippen molar-refractivity contribution >= 4 is 118 Å². The summed E-state index contributed by atoms with van der Waals surface area (Å²) in [6.07, 6.45) is 14.0. The number of hydrogen-bond donors (Lipinski definition) is 0. The molecule has 11 aromatic rings. The fourth-order valence-corrected chi connectivity index (χ4v) is 30.8. The molecule has 22 rings (SSSR count). The lowest BCUT2D eigenvalue weighted by molar-refractivity contribution is 0.464. The SMILES string of the molecule is CC(C)n1nnc2c1CCCS2.CC(C)n1nnc2c1CCCS2(=O)=O.CC(C)n1nnc2c1CCCS2=O.CC(C)n1nnc2c1CCS(=O)(=O)C2.CC(C)n1nnc2c1CCS(=O)C2.CC(C)n1nnc2c1CCSC2.CC(C)n1nnc2c1CS(=O)(=O)CC2.CC(C)n1nnc2c1CS(=O)CC2.CC(C)n1nnc2c1CSCC2.CC(C)n1nnc2c1S(=O)(=O)CCC2.CC(C)n1nnc2c1S(=O)CCC2. The van der Waals surface area contributed by atoms with Crippen LogP contribution in [0.1, 0.15) is 348 Å². The second kappa shape index (κ2) is 51.0. The Hall–Kier alpha value is -8.01. The van der Waals surface area contributed by atoms with E-state index in [1.54, 1.807) is 14.0 Å². The van der Waals surface area contributed by atoms with Gasteiger partial charge in [-0.05, 0) is 234 Å². The minimum atomic E-state index is -3.15. The Morgan fingerprint density at radius 1 is 0.264 bits per heavy atom. The van der Waals surface area contributed by atoms with Crippen LogP contribution >= 0.6 is 35.3 Å². The smallest absolute Gasteiger partial charge is 0.200 e. The van der Waals surface area contributed by atoms with E-state index in [4.69, 9.17) is 0 Å². The zero-order valence-corrected chi connectivity index (χ0v) is 95.8. The first kappa shape index (κ1) is 115. The highest BCUT2D eigenvalue weighted by atomic mass is 32.2. The number of rotatable bonds is 11. The van der Waals surface area contributed by atoms with Gasteiger partial charge < -0.3 is 0 Å². The monoisotopic (exact) mass is 2210 g/mol. The molecule has 4 atom stereocenters. The molecule has 0 saturated heterocycles. The lowest BCUT2D eigenvalue weighted by atomic mass is 10.2. The fourth-order valence-electron chi connectivity index (χ4n) is 17.2. The van der Waals surface area contributed by atoms with Crippen molar-refractivity contribution in [3.63, 3.8) is 0 Å². The maximum atomic E-state index is 11.8. The number of nitrogens with zero attached hydrogens (tertiary/aromatic N) is 33. The van der Waals surface area contributed by atoms with Crippen molar-refractivity contribution in [2.45, 2.75) is 381 Å². The van der Waals surface area contributed by atoms with E-state index in [0.717, 1.165) is 166 Å². The molecule has 4 unspecified atom stereocenters. The molecule has 0 spiro atoms. The van der Waals surface area contributed by atoms with E-state index >= 15 is 0 Å². The van der Waals surface area contributed by atoms with Crippen LogP contribution in [-0.4, -0.2) is 279 Å². The quantitative estimate of drug-likeness (QED) is 0.116. The third kappa shape index (κ3) is 29.0. The van der Waals surface area contributed by atoms with Gasteiger partial charge in [0.25, 0.3) is 0 Å². The summed E-state index contributed by atoms with van der Waals surface area (Å²) in [5, 5.41) is 91.8. The van der Waals surface area contributed by atoms with Gasteiger partial charge in [0, 0.05) is 161 Å². The summed E-state index contributed by atoms with van der Waals surface area (Å²) in [5.41, 5.74) is 17.3. The summed E-state index contributed by atoms with van der Waals surface area (Å²) in [6, 6.07) is 3.17. The van der Waals surface area contributed by atoms with Crippen LogP contribution < -0.4 is 0 Å². The van der Waals surface area contributed by atoms with Gasteiger partial charge in [0.05, 0.1) is 153 Å². The summed E-state index contributed by atoms with van der Waals surface area (Å²) >= 11 is 5.75. The molecule has 11 aromatic heterocycles. The fraction of sp³-hybridized carbons (Fsp3) is 0.750. The largest absolute Gasteiger partial charge is 0.259 e. The summed E-state index contributed by atoms with van der Waals surface area (Å²) in [5.74, 6) is 10.9. The van der Waals surface area contributed by atoms with Gasteiger partial charge in [-0.2, -0.15) is 23.5 Å². The molecule has 798 valence electrons. The van der Waals surface area contributed by atoms with E-state index in [-0.39, 0.29) is 69.8 Å². The first-order chi connectivity index (χ1) is 68.2. The van der Waals surface area contributed by atoms with Crippen molar-refractivity contribution in [2.75, 3.05) is 63.3 Å². The zero-order chi connectivity index (χ0) is 105. The topological polar surface area (TPSA) is 543 Å². The van der Waals surface area contributed by atoms with Crippen LogP contribution in [0, 0.1) is 0 Å². The van der Waals surface area contributed by atoms with E-state index in [9.17, 15) is 50.5 Å². The van der Waals surface area contributed by atoms with Gasteiger partial charge in [-0.3, -0.25) is 16.8 Å². The maximum absolute atomic E-state index is 11.8. The van der Waals surface area contributed by atoms with Crippen molar-refractivity contribution in [3.05, 3.63) is 96.8 Å². The second-order valence-corrected chi connectivity index (χ2v) is 57.3. The Bertz CT molecular complexity index is 6600. The van der Waals surface area contributed by atoms with E-state index in [2.05, 4.69) is 201 Å². The molecule has 11 aliphatic rings. The van der Waals surface area contributed by atoms with E-state index in [1.165, 1.54) is 62.5 Å². The molecule has 144 heavy (non-hydrogen) atoms. The molecule has 0 bridgehead atoms. The van der Waals surface area contributed by atoms with Crippen LogP contribution in [-0.2, 0) is 188 Å². The number of thioether (sulfide) groups is 3. The van der Waals surface area contributed by atoms with Crippen molar-refractivity contribution in [2.24, 2.45) is 0 Å². The van der Waals surface area contributed by atoms with Gasteiger partial charge in [-0.25, -0.2) is 85.2 Å². The van der Waals surface area contributed by atoms with Crippen LogP contribution in [0.5, 0.6) is 0 Å². The normalized spacial score (nSPS) is 19.7. The van der Waals surface area contributed by atoms with Crippen LogP contribution in [0.15, 0.2) is 25.1 Å².